The van der Waals surface area contributed by atoms with Gasteiger partial charge >= 0.3 is 5.97 Å². The van der Waals surface area contributed by atoms with Gasteiger partial charge in [-0.2, -0.15) is 4.99 Å². The monoisotopic (exact) mass is 412 g/mol. The number of aromatic amines is 1. The van der Waals surface area contributed by atoms with Gasteiger partial charge in [0.2, 0.25) is 0 Å². The summed E-state index contributed by atoms with van der Waals surface area (Å²) in [5.74, 6) is -0.970. The molecule has 0 bridgehead atoms. The number of carbonyl (C=O) groups excluding carboxylic acids is 2. The van der Waals surface area contributed by atoms with Crippen molar-refractivity contribution < 1.29 is 14.3 Å². The lowest BCUT2D eigenvalue weighted by molar-refractivity contribution is 0.0605. The number of thiazole rings is 1. The molecule has 0 unspecified atom stereocenters. The van der Waals surface area contributed by atoms with E-state index >= 15 is 0 Å². The van der Waals surface area contributed by atoms with E-state index in [0.29, 0.717) is 37.0 Å². The Morgan fingerprint density at radius 2 is 2.07 bits per heavy atom. The maximum absolute atomic E-state index is 12.9. The van der Waals surface area contributed by atoms with Crippen molar-refractivity contribution in [3.63, 3.8) is 0 Å². The minimum absolute atomic E-state index is 0.301. The normalized spacial score (nSPS) is 11.7. The highest BCUT2D eigenvalue weighted by atomic mass is 35.5. The van der Waals surface area contributed by atoms with Gasteiger partial charge in [0, 0.05) is 24.0 Å². The van der Waals surface area contributed by atoms with E-state index < -0.39 is 11.9 Å². The Labute approximate surface area is 167 Å². The summed E-state index contributed by atoms with van der Waals surface area (Å²) in [5, 5.41) is 1.13. The highest BCUT2D eigenvalue weighted by Gasteiger charge is 2.16. The second-order valence-electron chi connectivity index (χ2n) is 5.71. The molecule has 0 saturated heterocycles. The Balaban J connectivity index is 1.89. The van der Waals surface area contributed by atoms with Gasteiger partial charge < -0.3 is 9.72 Å². The van der Waals surface area contributed by atoms with Crippen LogP contribution in [0.2, 0.25) is 5.02 Å². The van der Waals surface area contributed by atoms with Gasteiger partial charge in [-0.15, -0.1) is 0 Å². The van der Waals surface area contributed by atoms with Crippen LogP contribution in [0.5, 0.6) is 0 Å². The van der Waals surface area contributed by atoms with E-state index in [1.54, 1.807) is 47.3 Å². The average molecular weight is 413 g/mol. The zero-order chi connectivity index (χ0) is 19.7. The predicted molar refractivity (Wildman–Crippen MR) is 106 cm³/mol. The number of nitrogens with zero attached hydrogens (tertiary/aromatic N) is 3. The third kappa shape index (κ3) is 3.23. The summed E-state index contributed by atoms with van der Waals surface area (Å²) in [6.07, 6.45) is 4.80. The average Bonchev–Trinajstić information content (AvgIpc) is 3.34. The first kappa shape index (κ1) is 18.1. The summed E-state index contributed by atoms with van der Waals surface area (Å²) in [6.45, 7) is 0. The second-order valence-corrected chi connectivity index (χ2v) is 7.12. The highest BCUT2D eigenvalue weighted by molar-refractivity contribution is 7.11. The molecule has 4 rings (SSSR count). The third-order valence-electron chi connectivity index (χ3n) is 4.04. The van der Waals surface area contributed by atoms with Gasteiger partial charge in [0.25, 0.3) is 5.91 Å². The Morgan fingerprint density at radius 1 is 1.25 bits per heavy atom. The molecule has 0 aliphatic carbocycles. The third-order valence-corrected chi connectivity index (χ3v) is 5.32. The number of aromatic nitrogens is 3. The van der Waals surface area contributed by atoms with Crippen molar-refractivity contribution in [1.82, 2.24) is 14.5 Å². The predicted octanol–water partition coefficient (Wildman–Crippen LogP) is 3.60. The fraction of sp³-hybridized carbons (Fsp3) is 0.0526. The molecule has 1 aromatic carbocycles. The maximum atomic E-state index is 12.9. The van der Waals surface area contributed by atoms with Crippen LogP contribution in [0.1, 0.15) is 20.0 Å². The first-order valence-corrected chi connectivity index (χ1v) is 9.35. The van der Waals surface area contributed by atoms with Gasteiger partial charge in [0.15, 0.2) is 4.80 Å². The number of hydrogen-bond donors (Lipinski definition) is 1. The number of para-hydroxylation sites is 1. The Hall–Kier alpha value is -3.23. The van der Waals surface area contributed by atoms with Crippen LogP contribution in [-0.2, 0) is 4.74 Å². The zero-order valence-corrected chi connectivity index (χ0v) is 16.1. The van der Waals surface area contributed by atoms with Crippen molar-refractivity contribution in [2.45, 2.75) is 0 Å². The van der Waals surface area contributed by atoms with Crippen molar-refractivity contribution in [2.75, 3.05) is 7.11 Å². The van der Waals surface area contributed by atoms with E-state index in [-0.39, 0.29) is 0 Å². The Bertz CT molecular complexity index is 1270. The number of halogens is 1. The zero-order valence-electron chi connectivity index (χ0n) is 14.5. The summed E-state index contributed by atoms with van der Waals surface area (Å²) < 4.78 is 6.40. The number of hydrogen-bond acceptors (Lipinski definition) is 5. The number of pyridine rings is 1. The number of H-pyrrole nitrogens is 1. The molecule has 0 saturated carbocycles. The van der Waals surface area contributed by atoms with Gasteiger partial charge in [-0.1, -0.05) is 35.1 Å². The van der Waals surface area contributed by atoms with E-state index in [1.807, 2.05) is 6.07 Å². The van der Waals surface area contributed by atoms with Crippen LogP contribution in [0.25, 0.3) is 16.7 Å². The lowest BCUT2D eigenvalue weighted by Crippen LogP contribution is -2.15. The minimum Gasteiger partial charge on any atom is -0.465 e. The highest BCUT2D eigenvalue weighted by Crippen LogP contribution is 2.21. The first-order chi connectivity index (χ1) is 13.6. The molecule has 1 amide bonds. The molecule has 0 aliphatic heterocycles. The molecule has 28 heavy (non-hydrogen) atoms. The summed E-state index contributed by atoms with van der Waals surface area (Å²) in [6, 6.07) is 10.5. The van der Waals surface area contributed by atoms with Crippen LogP contribution >= 0.6 is 22.9 Å². The van der Waals surface area contributed by atoms with Gasteiger partial charge in [0.1, 0.15) is 10.5 Å². The minimum atomic E-state index is -0.517. The van der Waals surface area contributed by atoms with Crippen LogP contribution < -0.4 is 4.80 Å². The largest absolute Gasteiger partial charge is 0.465 e. The molecule has 0 aliphatic rings. The van der Waals surface area contributed by atoms with Crippen molar-refractivity contribution in [3.8, 4) is 5.69 Å². The standard InChI is InChI=1S/C19H13ClN4O3S/c1-27-18(26)15-10-24(14-5-3-2-4-13(14)20)19(28-15)23-17(25)12-7-9-22-16-11(12)6-8-21-16/h2-10H,1H3,(H,21,22). The summed E-state index contributed by atoms with van der Waals surface area (Å²) >= 11 is 7.34. The summed E-state index contributed by atoms with van der Waals surface area (Å²) in [4.78, 5) is 36.9. The van der Waals surface area contributed by atoms with Crippen LogP contribution in [-0.4, -0.2) is 33.5 Å². The van der Waals surface area contributed by atoms with Crippen molar-refractivity contribution >= 4 is 45.8 Å². The molecular weight excluding hydrogens is 400 g/mol. The van der Waals surface area contributed by atoms with E-state index in [9.17, 15) is 9.59 Å². The molecular formula is C19H13ClN4O3S. The molecule has 3 aromatic heterocycles. The molecule has 0 atom stereocenters. The number of benzene rings is 1. The molecule has 3 heterocycles. The van der Waals surface area contributed by atoms with Crippen LogP contribution in [0.3, 0.4) is 0 Å². The molecule has 0 fully saturated rings. The molecule has 0 radical (unpaired) electrons. The SMILES string of the molecule is COC(=O)c1cn(-c2ccccc2Cl)c(=NC(=O)c2ccnc3[nH]ccc23)s1. The molecule has 9 heteroatoms. The Kier molecular flexibility index (Phi) is 4.81. The number of methoxy groups -OCH3 is 1. The number of nitrogens with one attached hydrogen (secondary N) is 1. The molecule has 7 nitrogen and oxygen atoms in total. The van der Waals surface area contributed by atoms with E-state index in [2.05, 4.69) is 15.0 Å². The maximum Gasteiger partial charge on any atom is 0.349 e. The van der Waals surface area contributed by atoms with Gasteiger partial charge in [0.05, 0.1) is 23.4 Å². The molecule has 140 valence electrons. The second kappa shape index (κ2) is 7.41. The molecule has 1 N–H and O–H groups in total. The van der Waals surface area contributed by atoms with E-state index in [0.717, 1.165) is 11.3 Å². The smallest absolute Gasteiger partial charge is 0.349 e. The van der Waals surface area contributed by atoms with Gasteiger partial charge in [-0.3, -0.25) is 9.36 Å². The number of carbonyl (C=O) groups is 2. The van der Waals surface area contributed by atoms with Crippen LogP contribution in [0.4, 0.5) is 0 Å². The fourth-order valence-electron chi connectivity index (χ4n) is 2.73. The van der Waals surface area contributed by atoms with Crippen LogP contribution in [0.15, 0.2) is 60.0 Å². The summed E-state index contributed by atoms with van der Waals surface area (Å²) in [7, 11) is 1.30. The van der Waals surface area contributed by atoms with E-state index in [4.69, 9.17) is 16.3 Å². The van der Waals surface area contributed by atoms with Crippen LogP contribution in [0, 0.1) is 0 Å². The fourth-order valence-corrected chi connectivity index (χ4v) is 3.86. The Morgan fingerprint density at radius 3 is 2.86 bits per heavy atom. The number of esters is 1. The number of fused-ring (bicyclic) bond motifs is 1. The number of amides is 1. The first-order valence-electron chi connectivity index (χ1n) is 8.15. The number of ether oxygens (including phenoxy) is 1. The molecule has 4 aromatic rings. The lowest BCUT2D eigenvalue weighted by atomic mass is 10.2. The van der Waals surface area contributed by atoms with Gasteiger partial charge in [-0.05, 0) is 24.3 Å². The van der Waals surface area contributed by atoms with Crippen molar-refractivity contribution in [3.05, 3.63) is 75.3 Å². The quantitative estimate of drug-likeness (QED) is 0.520. The summed E-state index contributed by atoms with van der Waals surface area (Å²) in [5.41, 5.74) is 1.61. The van der Waals surface area contributed by atoms with E-state index in [1.165, 1.54) is 13.3 Å². The van der Waals surface area contributed by atoms with Crippen molar-refractivity contribution in [1.29, 1.82) is 0 Å². The number of rotatable bonds is 3. The van der Waals surface area contributed by atoms with Gasteiger partial charge in [-0.25, -0.2) is 9.78 Å². The lowest BCUT2D eigenvalue weighted by Gasteiger charge is -2.05. The topological polar surface area (TPSA) is 89.3 Å². The van der Waals surface area contributed by atoms with Crippen molar-refractivity contribution in [2.24, 2.45) is 4.99 Å². The molecule has 0 spiro atoms.